The van der Waals surface area contributed by atoms with Crippen molar-refractivity contribution in [3.63, 3.8) is 0 Å². The largest absolute Gasteiger partial charge is 0.493 e. The van der Waals surface area contributed by atoms with Crippen LogP contribution in [0.15, 0.2) is 23.4 Å². The zero-order chi connectivity index (χ0) is 12.7. The van der Waals surface area contributed by atoms with Crippen molar-refractivity contribution in [2.24, 2.45) is 10.9 Å². The number of amidine groups is 1. The molecule has 0 spiro atoms. The number of hydrogen-bond acceptors (Lipinski definition) is 4. The van der Waals surface area contributed by atoms with Crippen molar-refractivity contribution in [2.45, 2.75) is 6.42 Å². The number of oxime groups is 1. The lowest BCUT2D eigenvalue weighted by molar-refractivity contribution is 0.274. The molecule has 0 radical (unpaired) electrons. The molecule has 0 aromatic heterocycles. The van der Waals surface area contributed by atoms with Crippen LogP contribution >= 0.6 is 0 Å². The number of ether oxygens (including phenoxy) is 2. The van der Waals surface area contributed by atoms with E-state index in [-0.39, 0.29) is 12.4 Å². The first-order valence-corrected chi connectivity index (χ1v) is 5.07. The first-order valence-electron chi connectivity index (χ1n) is 5.07. The van der Waals surface area contributed by atoms with E-state index in [0.29, 0.717) is 23.5 Å². The zero-order valence-electron chi connectivity index (χ0n) is 9.52. The molecule has 17 heavy (non-hydrogen) atoms. The summed E-state index contributed by atoms with van der Waals surface area (Å²) in [5.41, 5.74) is 5.96. The van der Waals surface area contributed by atoms with Gasteiger partial charge in [-0.2, -0.15) is 0 Å². The van der Waals surface area contributed by atoms with Gasteiger partial charge in [-0.15, -0.1) is 0 Å². The normalized spacial score (nSPS) is 11.3. The standard InChI is InChI=1S/C11H15FN2O3/c1-16-10-7-8(11(13)14-15)3-4-9(10)17-6-2-5-12/h3-4,7,15H,2,5-6H2,1H3,(H2,13,14). The highest BCUT2D eigenvalue weighted by Crippen LogP contribution is 2.28. The van der Waals surface area contributed by atoms with E-state index < -0.39 is 6.67 Å². The maximum absolute atomic E-state index is 11.9. The molecule has 94 valence electrons. The van der Waals surface area contributed by atoms with Crippen LogP contribution in [0.1, 0.15) is 12.0 Å². The van der Waals surface area contributed by atoms with Crippen LogP contribution in [0.2, 0.25) is 0 Å². The molecule has 0 saturated heterocycles. The Hall–Kier alpha value is -1.98. The van der Waals surface area contributed by atoms with Gasteiger partial charge >= 0.3 is 0 Å². The second-order valence-electron chi connectivity index (χ2n) is 3.24. The van der Waals surface area contributed by atoms with E-state index in [0.717, 1.165) is 0 Å². The first kappa shape index (κ1) is 13.1. The summed E-state index contributed by atoms with van der Waals surface area (Å²) >= 11 is 0. The lowest BCUT2D eigenvalue weighted by Crippen LogP contribution is -2.13. The predicted octanol–water partition coefficient (Wildman–Crippen LogP) is 1.53. The summed E-state index contributed by atoms with van der Waals surface area (Å²) in [5, 5.41) is 11.4. The van der Waals surface area contributed by atoms with Gasteiger partial charge in [0, 0.05) is 12.0 Å². The lowest BCUT2D eigenvalue weighted by atomic mass is 10.2. The summed E-state index contributed by atoms with van der Waals surface area (Å²) < 4.78 is 22.4. The molecule has 1 aromatic carbocycles. The van der Waals surface area contributed by atoms with E-state index in [9.17, 15) is 4.39 Å². The van der Waals surface area contributed by atoms with Crippen molar-refractivity contribution < 1.29 is 19.1 Å². The van der Waals surface area contributed by atoms with E-state index in [4.69, 9.17) is 20.4 Å². The third-order valence-electron chi connectivity index (χ3n) is 2.10. The number of nitrogens with zero attached hydrogens (tertiary/aromatic N) is 1. The van der Waals surface area contributed by atoms with Gasteiger partial charge in [0.2, 0.25) is 0 Å². The molecule has 0 bridgehead atoms. The van der Waals surface area contributed by atoms with Crippen LogP contribution in [0.4, 0.5) is 4.39 Å². The molecular weight excluding hydrogens is 227 g/mol. The summed E-state index contributed by atoms with van der Waals surface area (Å²) in [4.78, 5) is 0. The predicted molar refractivity (Wildman–Crippen MR) is 61.6 cm³/mol. The van der Waals surface area contributed by atoms with Gasteiger partial charge in [-0.25, -0.2) is 0 Å². The van der Waals surface area contributed by atoms with E-state index in [1.54, 1.807) is 18.2 Å². The second kappa shape index (κ2) is 6.57. The quantitative estimate of drug-likeness (QED) is 0.261. The van der Waals surface area contributed by atoms with Gasteiger partial charge in [-0.1, -0.05) is 5.16 Å². The van der Waals surface area contributed by atoms with Crippen molar-refractivity contribution in [2.75, 3.05) is 20.4 Å². The molecule has 0 aliphatic rings. The van der Waals surface area contributed by atoms with E-state index >= 15 is 0 Å². The van der Waals surface area contributed by atoms with Gasteiger partial charge in [-0.3, -0.25) is 4.39 Å². The van der Waals surface area contributed by atoms with Gasteiger partial charge in [0.25, 0.3) is 0 Å². The SMILES string of the molecule is COc1cc(/C(N)=N/O)ccc1OCCCF. The molecule has 1 aromatic rings. The Balaban J connectivity index is 2.85. The fourth-order valence-electron chi connectivity index (χ4n) is 1.24. The number of halogens is 1. The Morgan fingerprint density at radius 1 is 1.47 bits per heavy atom. The average Bonchev–Trinajstić information content (AvgIpc) is 2.38. The molecule has 0 heterocycles. The minimum absolute atomic E-state index is 0.0152. The molecule has 5 nitrogen and oxygen atoms in total. The Kier molecular flexibility index (Phi) is 5.06. The van der Waals surface area contributed by atoms with Gasteiger partial charge < -0.3 is 20.4 Å². The summed E-state index contributed by atoms with van der Waals surface area (Å²) in [5.74, 6) is 0.932. The molecule has 0 fully saturated rings. The highest BCUT2D eigenvalue weighted by Gasteiger charge is 2.08. The average molecular weight is 242 g/mol. The molecule has 0 aliphatic carbocycles. The number of benzene rings is 1. The van der Waals surface area contributed by atoms with E-state index in [2.05, 4.69) is 5.16 Å². The van der Waals surface area contributed by atoms with Gasteiger partial charge in [0.05, 0.1) is 20.4 Å². The number of nitrogens with two attached hydrogens (primary N) is 1. The van der Waals surface area contributed by atoms with Crippen molar-refractivity contribution in [3.05, 3.63) is 23.8 Å². The van der Waals surface area contributed by atoms with Crippen molar-refractivity contribution in [3.8, 4) is 11.5 Å². The van der Waals surface area contributed by atoms with Gasteiger partial charge in [0.1, 0.15) is 0 Å². The molecule has 0 saturated carbocycles. The third-order valence-corrected chi connectivity index (χ3v) is 2.10. The van der Waals surface area contributed by atoms with E-state index in [1.807, 2.05) is 0 Å². The van der Waals surface area contributed by atoms with Crippen LogP contribution in [0.25, 0.3) is 0 Å². The van der Waals surface area contributed by atoms with Crippen molar-refractivity contribution in [1.29, 1.82) is 0 Å². The highest BCUT2D eigenvalue weighted by atomic mass is 19.1. The maximum atomic E-state index is 11.9. The second-order valence-corrected chi connectivity index (χ2v) is 3.24. The smallest absolute Gasteiger partial charge is 0.170 e. The minimum Gasteiger partial charge on any atom is -0.493 e. The van der Waals surface area contributed by atoms with Crippen LogP contribution < -0.4 is 15.2 Å². The lowest BCUT2D eigenvalue weighted by Gasteiger charge is -2.11. The summed E-state index contributed by atoms with van der Waals surface area (Å²) in [6.45, 7) is -0.152. The number of methoxy groups -OCH3 is 1. The van der Waals surface area contributed by atoms with Crippen LogP contribution in [-0.2, 0) is 0 Å². The van der Waals surface area contributed by atoms with Crippen LogP contribution in [0.3, 0.4) is 0 Å². The van der Waals surface area contributed by atoms with Crippen LogP contribution in [-0.4, -0.2) is 31.4 Å². The topological polar surface area (TPSA) is 77.1 Å². The fourth-order valence-corrected chi connectivity index (χ4v) is 1.24. The van der Waals surface area contributed by atoms with E-state index in [1.165, 1.54) is 7.11 Å². The summed E-state index contributed by atoms with van der Waals surface area (Å²) in [6.07, 6.45) is 0.325. The third kappa shape index (κ3) is 3.51. The van der Waals surface area contributed by atoms with Crippen molar-refractivity contribution in [1.82, 2.24) is 0 Å². The molecule has 0 aliphatic heterocycles. The molecular formula is C11H15FN2O3. The summed E-state index contributed by atoms with van der Waals surface area (Å²) in [7, 11) is 1.48. The maximum Gasteiger partial charge on any atom is 0.170 e. The number of alkyl halides is 1. The number of rotatable bonds is 6. The summed E-state index contributed by atoms with van der Waals surface area (Å²) in [6, 6.07) is 4.84. The van der Waals surface area contributed by atoms with Gasteiger partial charge in [0.15, 0.2) is 17.3 Å². The monoisotopic (exact) mass is 242 g/mol. The highest BCUT2D eigenvalue weighted by molar-refractivity contribution is 5.97. The molecule has 3 N–H and O–H groups in total. The molecule has 0 unspecified atom stereocenters. The Morgan fingerprint density at radius 2 is 2.24 bits per heavy atom. The van der Waals surface area contributed by atoms with Crippen LogP contribution in [0, 0.1) is 0 Å². The first-order chi connectivity index (χ1) is 8.22. The van der Waals surface area contributed by atoms with Crippen molar-refractivity contribution >= 4 is 5.84 Å². The van der Waals surface area contributed by atoms with Gasteiger partial charge in [-0.05, 0) is 18.2 Å². The molecule has 6 heteroatoms. The Morgan fingerprint density at radius 3 is 2.82 bits per heavy atom. The molecule has 0 atom stereocenters. The molecule has 1 rings (SSSR count). The zero-order valence-corrected chi connectivity index (χ0v) is 9.52. The Labute approximate surface area is 98.6 Å². The Bertz CT molecular complexity index is 396. The molecule has 0 amide bonds. The van der Waals surface area contributed by atoms with Crippen LogP contribution in [0.5, 0.6) is 11.5 Å². The minimum atomic E-state index is -0.426. The number of hydrogen-bond donors (Lipinski definition) is 2. The fraction of sp³-hybridized carbons (Fsp3) is 0.364.